The van der Waals surface area contributed by atoms with E-state index in [1.54, 1.807) is 0 Å². The van der Waals surface area contributed by atoms with Crippen LogP contribution in [0.4, 0.5) is 50.9 Å². The Hall–Kier alpha value is -2.17. The molecule has 39 heavy (non-hydrogen) atoms. The average molecular weight is 687 g/mol. The Morgan fingerprint density at radius 2 is 1.69 bits per heavy atom. The lowest BCUT2D eigenvalue weighted by atomic mass is 9.85. The molecule has 0 saturated carbocycles. The van der Waals surface area contributed by atoms with Crippen LogP contribution in [0.2, 0.25) is 5.15 Å². The molecule has 4 nitrogen and oxygen atoms in total. The van der Waals surface area contributed by atoms with E-state index in [1.165, 1.54) is 35.5 Å². The summed E-state index contributed by atoms with van der Waals surface area (Å²) in [6.07, 6.45) is -13.7. The van der Waals surface area contributed by atoms with Crippen molar-refractivity contribution in [1.82, 2.24) is 4.37 Å². The van der Waals surface area contributed by atoms with E-state index < -0.39 is 35.4 Å². The van der Waals surface area contributed by atoms with Crippen molar-refractivity contribution in [2.75, 3.05) is 5.32 Å². The zero-order valence-corrected chi connectivity index (χ0v) is 23.3. The molecule has 0 fully saturated rings. The summed E-state index contributed by atoms with van der Waals surface area (Å²) in [6, 6.07) is 4.62. The van der Waals surface area contributed by atoms with E-state index in [-0.39, 0.29) is 46.1 Å². The van der Waals surface area contributed by atoms with Gasteiger partial charge in [-0.25, -0.2) is 9.38 Å². The number of nitrogens with one attached hydrogen (secondary N) is 1. The van der Waals surface area contributed by atoms with Gasteiger partial charge in [0, 0.05) is 31.8 Å². The summed E-state index contributed by atoms with van der Waals surface area (Å²) in [7, 11) is 2.32. The molecule has 0 radical (unpaired) electrons. The summed E-state index contributed by atoms with van der Waals surface area (Å²) in [4.78, 5) is 17.2. The normalized spacial score (nSPS) is 14.8. The summed E-state index contributed by atoms with van der Waals surface area (Å²) in [5, 5.41) is 2.58. The molecule has 0 saturated heterocycles. The number of rotatable bonds is 6. The molecule has 0 aliphatic heterocycles. The molecule has 3 aromatic rings. The van der Waals surface area contributed by atoms with Gasteiger partial charge in [0.05, 0.1) is 5.69 Å². The number of halogens is 11. The maximum absolute atomic E-state index is 15.0. The summed E-state index contributed by atoms with van der Waals surface area (Å²) in [5.74, 6) is -7.60. The summed E-state index contributed by atoms with van der Waals surface area (Å²) in [5.41, 5.74) is -8.44. The van der Waals surface area contributed by atoms with Gasteiger partial charge in [-0.1, -0.05) is 24.6 Å². The lowest BCUT2D eigenvalue weighted by Crippen LogP contribution is -2.59. The van der Waals surface area contributed by atoms with Crippen molar-refractivity contribution in [3.8, 4) is 0 Å². The maximum atomic E-state index is 15.0. The van der Waals surface area contributed by atoms with Gasteiger partial charge in [0.15, 0.2) is 9.82 Å². The molecule has 1 aromatic heterocycles. The minimum absolute atomic E-state index is 0.0308. The Morgan fingerprint density at radius 3 is 2.18 bits per heavy atom. The van der Waals surface area contributed by atoms with E-state index in [1.807, 2.05) is 0 Å². The molecule has 3 rings (SSSR count). The number of hydrogen-bond acceptors (Lipinski definition) is 5. The van der Waals surface area contributed by atoms with Gasteiger partial charge in [-0.2, -0.15) is 39.5 Å². The smallest absolute Gasteiger partial charge is 0.321 e. The van der Waals surface area contributed by atoms with E-state index in [0.29, 0.717) is 14.8 Å². The molecule has 212 valence electrons. The summed E-state index contributed by atoms with van der Waals surface area (Å²) >= 11 is 9.18. The van der Waals surface area contributed by atoms with Gasteiger partial charge >= 0.3 is 23.9 Å². The minimum Gasteiger partial charge on any atom is -0.321 e. The molecule has 1 atom stereocenters. The molecule has 0 aliphatic rings. The first kappa shape index (κ1) is 31.4. The van der Waals surface area contributed by atoms with Crippen molar-refractivity contribution < 1.29 is 44.3 Å². The van der Waals surface area contributed by atoms with Gasteiger partial charge in [0.2, 0.25) is 0 Å². The molecule has 0 bridgehead atoms. The number of benzene rings is 2. The highest BCUT2D eigenvalue weighted by atomic mass is 79.9. The van der Waals surface area contributed by atoms with Crippen molar-refractivity contribution in [2.45, 2.75) is 44.2 Å². The number of aromatic nitrogens is 1. The van der Waals surface area contributed by atoms with Crippen LogP contribution in [-0.4, -0.2) is 28.6 Å². The van der Waals surface area contributed by atoms with Crippen molar-refractivity contribution in [3.63, 3.8) is 0 Å². The number of carbonyl (C=O) groups excluding carboxylic acids is 1. The number of hydrogen-bond donors (Lipinski definition) is 1. The van der Waals surface area contributed by atoms with Crippen LogP contribution in [-0.2, 0) is 12.1 Å². The molecule has 1 N–H and O–H groups in total. The molecular formula is C22H14BrClF9N3OS2. The topological polar surface area (TPSA) is 54.4 Å². The monoisotopic (exact) mass is 685 g/mol. The fraction of sp³-hybridized carbons (Fsp3) is 0.318. The minimum atomic E-state index is -6.85. The maximum Gasteiger partial charge on any atom is 0.457 e. The number of aryl methyl sites for hydroxylation is 2. The van der Waals surface area contributed by atoms with Crippen LogP contribution in [0.3, 0.4) is 0 Å². The first-order valence-corrected chi connectivity index (χ1v) is 13.7. The van der Waals surface area contributed by atoms with Gasteiger partial charge < -0.3 is 5.32 Å². The third-order valence-electron chi connectivity index (χ3n) is 5.46. The number of anilines is 1. The van der Waals surface area contributed by atoms with Crippen LogP contribution >= 0.6 is 48.4 Å². The largest absolute Gasteiger partial charge is 0.457 e. The van der Waals surface area contributed by atoms with E-state index in [2.05, 4.69) is 30.6 Å². The van der Waals surface area contributed by atoms with Crippen molar-refractivity contribution in [3.05, 3.63) is 66.9 Å². The standard InChI is InChI=1S/C22H14BrClF9N3OS2/c1-3-10-7-12(19(25,21(28,29)30)20(26,27)22(31,32)33)6-9(2)15(10)35-17(37)11-4-5-14(13(23)8-11)34-18-16(24)36-39-38-18/h4-8H,3H2,1-2H3,(H,35,37)/b34-18-. The van der Waals surface area contributed by atoms with Gasteiger partial charge in [-0.05, 0) is 75.0 Å². The zero-order valence-electron chi connectivity index (χ0n) is 19.4. The Kier molecular flexibility index (Phi) is 8.85. The number of nitrogens with zero attached hydrogens (tertiary/aromatic N) is 2. The van der Waals surface area contributed by atoms with Crippen LogP contribution < -0.4 is 9.99 Å². The Morgan fingerprint density at radius 1 is 1.05 bits per heavy atom. The predicted octanol–water partition coefficient (Wildman–Crippen LogP) is 8.90. The van der Waals surface area contributed by atoms with Crippen LogP contribution in [0.5, 0.6) is 0 Å². The van der Waals surface area contributed by atoms with Crippen molar-refractivity contribution >= 4 is 65.7 Å². The van der Waals surface area contributed by atoms with Crippen LogP contribution in [0, 0.1) is 6.92 Å². The number of amides is 1. The van der Waals surface area contributed by atoms with Crippen molar-refractivity contribution in [1.29, 1.82) is 0 Å². The molecule has 0 spiro atoms. The second-order valence-electron chi connectivity index (χ2n) is 7.99. The Labute approximate surface area is 235 Å². The lowest BCUT2D eigenvalue weighted by Gasteiger charge is -2.36. The Balaban J connectivity index is 2.03. The summed E-state index contributed by atoms with van der Waals surface area (Å²) < 4.78 is 127. The quantitative estimate of drug-likeness (QED) is 0.208. The zero-order chi connectivity index (χ0) is 29.6. The third-order valence-corrected chi connectivity index (χ3v) is 8.26. The molecular weight excluding hydrogens is 673 g/mol. The molecule has 0 aliphatic carbocycles. The van der Waals surface area contributed by atoms with E-state index in [4.69, 9.17) is 11.6 Å². The van der Waals surface area contributed by atoms with Crippen molar-refractivity contribution in [2.24, 2.45) is 4.99 Å². The highest BCUT2D eigenvalue weighted by Crippen LogP contribution is 2.58. The van der Waals surface area contributed by atoms with Crippen LogP contribution in [0.15, 0.2) is 39.8 Å². The van der Waals surface area contributed by atoms with Gasteiger partial charge in [0.25, 0.3) is 5.91 Å². The highest BCUT2D eigenvalue weighted by Gasteiger charge is 2.81. The van der Waals surface area contributed by atoms with Crippen LogP contribution in [0.25, 0.3) is 0 Å². The first-order chi connectivity index (χ1) is 17.8. The first-order valence-electron chi connectivity index (χ1n) is 10.5. The van der Waals surface area contributed by atoms with E-state index in [0.717, 1.165) is 17.5 Å². The fourth-order valence-corrected chi connectivity index (χ4v) is 5.95. The fourth-order valence-electron chi connectivity index (χ4n) is 3.49. The van der Waals surface area contributed by atoms with E-state index >= 15 is 0 Å². The van der Waals surface area contributed by atoms with E-state index in [9.17, 15) is 44.3 Å². The number of alkyl halides is 9. The molecule has 1 unspecified atom stereocenters. The van der Waals surface area contributed by atoms with Gasteiger partial charge in [0.1, 0.15) is 0 Å². The van der Waals surface area contributed by atoms with Gasteiger partial charge in [-0.3, -0.25) is 4.79 Å². The predicted molar refractivity (Wildman–Crippen MR) is 133 cm³/mol. The molecule has 1 amide bonds. The third kappa shape index (κ3) is 5.84. The highest BCUT2D eigenvalue weighted by molar-refractivity contribution is 9.10. The van der Waals surface area contributed by atoms with Crippen LogP contribution in [0.1, 0.15) is 34.0 Å². The molecule has 17 heteroatoms. The lowest BCUT2D eigenvalue weighted by molar-refractivity contribution is -0.389. The number of carbonyl (C=O) groups is 1. The second kappa shape index (κ2) is 11.0. The van der Waals surface area contributed by atoms with Gasteiger partial charge in [-0.15, -0.1) is 0 Å². The average Bonchev–Trinajstić information content (AvgIpc) is 3.23. The second-order valence-corrected chi connectivity index (χ2v) is 11.0. The Bertz CT molecular complexity index is 1470. The molecule has 1 heterocycles. The summed E-state index contributed by atoms with van der Waals surface area (Å²) in [6.45, 7) is 2.38. The SMILES string of the molecule is CCc1cc(C(F)(C(F)(F)F)C(F)(F)C(F)(F)F)cc(C)c1NC(=O)c1ccc(/N=c2\ssnc2Cl)c(Br)c1. The molecule has 2 aromatic carbocycles.